The van der Waals surface area contributed by atoms with Gasteiger partial charge in [0.05, 0.1) is 12.2 Å². The van der Waals surface area contributed by atoms with Gasteiger partial charge in [-0.2, -0.15) is 0 Å². The second-order valence-electron chi connectivity index (χ2n) is 5.38. The maximum atomic E-state index is 12.4. The van der Waals surface area contributed by atoms with Crippen molar-refractivity contribution in [3.05, 3.63) is 0 Å². The first-order chi connectivity index (χ1) is 8.09. The first-order valence-corrected chi connectivity index (χ1v) is 7.15. The summed E-state index contributed by atoms with van der Waals surface area (Å²) < 4.78 is 0. The molecule has 1 aliphatic rings. The Morgan fingerprint density at radius 2 is 2.00 bits per heavy atom. The van der Waals surface area contributed by atoms with Crippen LogP contribution in [0.2, 0.25) is 0 Å². The van der Waals surface area contributed by atoms with Crippen LogP contribution in [0.3, 0.4) is 0 Å². The van der Waals surface area contributed by atoms with Crippen molar-refractivity contribution >= 4 is 5.91 Å². The van der Waals surface area contributed by atoms with E-state index in [0.29, 0.717) is 11.9 Å². The summed E-state index contributed by atoms with van der Waals surface area (Å²) >= 11 is 0. The average Bonchev–Trinajstić information content (AvgIpc) is 2.63. The minimum Gasteiger partial charge on any atom is -0.325 e. The molecule has 0 saturated carbocycles. The smallest absolute Gasteiger partial charge is 0.243 e. The lowest BCUT2D eigenvalue weighted by molar-refractivity contribution is -0.134. The predicted octanol–water partition coefficient (Wildman–Crippen LogP) is 2.90. The molecule has 1 aliphatic heterocycles. The third-order valence-electron chi connectivity index (χ3n) is 4.03. The molecule has 1 rings (SSSR count). The predicted molar refractivity (Wildman–Crippen MR) is 71.8 cm³/mol. The molecule has 0 aliphatic carbocycles. The second kappa shape index (κ2) is 6.39. The van der Waals surface area contributed by atoms with Crippen LogP contribution in [-0.2, 0) is 4.79 Å². The van der Waals surface area contributed by atoms with Gasteiger partial charge < -0.3 is 4.90 Å². The van der Waals surface area contributed by atoms with Crippen LogP contribution in [0.1, 0.15) is 66.2 Å². The molecule has 0 aromatic carbocycles. The van der Waals surface area contributed by atoms with Crippen LogP contribution in [0.4, 0.5) is 0 Å². The van der Waals surface area contributed by atoms with Crippen LogP contribution < -0.4 is 5.32 Å². The van der Waals surface area contributed by atoms with Gasteiger partial charge in [0.1, 0.15) is 0 Å². The van der Waals surface area contributed by atoms with Crippen LogP contribution in [0.5, 0.6) is 0 Å². The molecule has 0 spiro atoms. The van der Waals surface area contributed by atoms with E-state index in [4.69, 9.17) is 0 Å². The highest BCUT2D eigenvalue weighted by atomic mass is 16.2. The lowest BCUT2D eigenvalue weighted by Gasteiger charge is -2.28. The zero-order chi connectivity index (χ0) is 12.9. The molecule has 3 nitrogen and oxygen atoms in total. The van der Waals surface area contributed by atoms with Crippen LogP contribution >= 0.6 is 0 Å². The Hall–Kier alpha value is -0.570. The van der Waals surface area contributed by atoms with E-state index >= 15 is 0 Å². The quantitative estimate of drug-likeness (QED) is 0.742. The van der Waals surface area contributed by atoms with E-state index in [-0.39, 0.29) is 5.54 Å². The highest BCUT2D eigenvalue weighted by Gasteiger charge is 2.42. The normalized spacial score (nSPS) is 26.6. The number of amides is 1. The summed E-state index contributed by atoms with van der Waals surface area (Å²) in [5, 5.41) is 3.37. The van der Waals surface area contributed by atoms with Gasteiger partial charge in [-0.25, -0.2) is 0 Å². The summed E-state index contributed by atoms with van der Waals surface area (Å²) in [7, 11) is 0. The summed E-state index contributed by atoms with van der Waals surface area (Å²) in [5.41, 5.74) is -0.321. The van der Waals surface area contributed by atoms with Crippen LogP contribution in [0.15, 0.2) is 0 Å². The van der Waals surface area contributed by atoms with Gasteiger partial charge in [-0.3, -0.25) is 10.1 Å². The van der Waals surface area contributed by atoms with Crippen LogP contribution in [-0.4, -0.2) is 29.1 Å². The number of nitrogens with one attached hydrogen (secondary N) is 1. The largest absolute Gasteiger partial charge is 0.325 e. The number of hydrogen-bond donors (Lipinski definition) is 1. The zero-order valence-corrected chi connectivity index (χ0v) is 11.9. The Labute approximate surface area is 106 Å². The second-order valence-corrected chi connectivity index (χ2v) is 5.38. The summed E-state index contributed by atoms with van der Waals surface area (Å²) in [6.07, 6.45) is 6.73. The van der Waals surface area contributed by atoms with Crippen molar-refractivity contribution in [1.29, 1.82) is 0 Å². The lowest BCUT2D eigenvalue weighted by Crippen LogP contribution is -2.44. The van der Waals surface area contributed by atoms with Gasteiger partial charge in [0.25, 0.3) is 0 Å². The first-order valence-electron chi connectivity index (χ1n) is 7.15. The van der Waals surface area contributed by atoms with Gasteiger partial charge >= 0.3 is 0 Å². The fourth-order valence-electron chi connectivity index (χ4n) is 2.52. The minimum absolute atomic E-state index is 0.301. The molecule has 3 heteroatoms. The fourth-order valence-corrected chi connectivity index (χ4v) is 2.52. The third-order valence-corrected chi connectivity index (χ3v) is 4.03. The van der Waals surface area contributed by atoms with E-state index in [2.05, 4.69) is 31.0 Å². The first kappa shape index (κ1) is 14.5. The van der Waals surface area contributed by atoms with Crippen LogP contribution in [0.25, 0.3) is 0 Å². The molecule has 0 aromatic rings. The highest BCUT2D eigenvalue weighted by Crippen LogP contribution is 2.25. The summed E-state index contributed by atoms with van der Waals surface area (Å²) in [5.74, 6) is 0.301. The molecule has 0 aromatic heterocycles. The van der Waals surface area contributed by atoms with Crippen molar-refractivity contribution in [3.8, 4) is 0 Å². The average molecular weight is 240 g/mol. The molecular formula is C14H28N2O. The number of hydrogen-bond acceptors (Lipinski definition) is 2. The Morgan fingerprint density at radius 3 is 2.47 bits per heavy atom. The van der Waals surface area contributed by atoms with Gasteiger partial charge in [0.15, 0.2) is 0 Å². The van der Waals surface area contributed by atoms with Crippen molar-refractivity contribution in [3.63, 3.8) is 0 Å². The van der Waals surface area contributed by atoms with Crippen LogP contribution in [0, 0.1) is 0 Å². The van der Waals surface area contributed by atoms with Crippen molar-refractivity contribution in [1.82, 2.24) is 10.2 Å². The highest BCUT2D eigenvalue weighted by molar-refractivity contribution is 5.88. The van der Waals surface area contributed by atoms with E-state index in [1.807, 2.05) is 6.92 Å². The van der Waals surface area contributed by atoms with Crippen molar-refractivity contribution in [2.24, 2.45) is 0 Å². The number of nitrogens with zero attached hydrogens (tertiary/aromatic N) is 1. The van der Waals surface area contributed by atoms with E-state index < -0.39 is 0 Å². The Morgan fingerprint density at radius 1 is 1.29 bits per heavy atom. The third kappa shape index (κ3) is 3.21. The molecule has 2 atom stereocenters. The molecule has 1 N–H and O–H groups in total. The van der Waals surface area contributed by atoms with E-state index in [1.54, 1.807) is 0 Å². The molecule has 1 amide bonds. The van der Waals surface area contributed by atoms with Crippen molar-refractivity contribution in [2.45, 2.75) is 77.8 Å². The molecule has 1 fully saturated rings. The maximum absolute atomic E-state index is 12.4. The molecule has 1 saturated heterocycles. The van der Waals surface area contributed by atoms with Gasteiger partial charge in [0, 0.05) is 6.04 Å². The summed E-state index contributed by atoms with van der Waals surface area (Å²) in [6.45, 7) is 9.25. The maximum Gasteiger partial charge on any atom is 0.243 e. The summed E-state index contributed by atoms with van der Waals surface area (Å²) in [6, 6.07) is 0.438. The Balaban J connectivity index is 2.66. The molecular weight excluding hydrogens is 212 g/mol. The Kier molecular flexibility index (Phi) is 5.44. The number of unbranched alkanes of at least 4 members (excludes halogenated alkanes) is 1. The number of carbonyl (C=O) groups excluding carboxylic acids is 1. The van der Waals surface area contributed by atoms with Crippen molar-refractivity contribution in [2.75, 3.05) is 6.67 Å². The molecule has 0 bridgehead atoms. The van der Waals surface area contributed by atoms with Gasteiger partial charge in [-0.05, 0) is 26.2 Å². The van der Waals surface area contributed by atoms with E-state index in [9.17, 15) is 4.79 Å². The standard InChI is InChI=1S/C14H28N2O/c1-5-8-10-12(9-6-2)16-11-15-14(4,7-3)13(16)17/h12,15H,5-11H2,1-4H3. The fraction of sp³-hybridized carbons (Fsp3) is 0.929. The van der Waals surface area contributed by atoms with Gasteiger partial charge in [0.2, 0.25) is 5.91 Å². The SMILES string of the molecule is CCCCC(CCC)N1CNC(C)(CC)C1=O. The van der Waals surface area contributed by atoms with E-state index in [1.165, 1.54) is 12.8 Å². The van der Waals surface area contributed by atoms with Crippen molar-refractivity contribution < 1.29 is 4.79 Å². The summed E-state index contributed by atoms with van der Waals surface area (Å²) in [4.78, 5) is 14.5. The van der Waals surface area contributed by atoms with E-state index in [0.717, 1.165) is 32.4 Å². The van der Waals surface area contributed by atoms with Gasteiger partial charge in [-0.1, -0.05) is 40.0 Å². The monoisotopic (exact) mass is 240 g/mol. The molecule has 2 unspecified atom stereocenters. The Bertz CT molecular complexity index is 255. The molecule has 100 valence electrons. The number of rotatable bonds is 7. The molecule has 0 radical (unpaired) electrons. The van der Waals surface area contributed by atoms with Gasteiger partial charge in [-0.15, -0.1) is 0 Å². The lowest BCUT2D eigenvalue weighted by atomic mass is 9.97. The molecule has 17 heavy (non-hydrogen) atoms. The number of carbonyl (C=O) groups is 1. The minimum atomic E-state index is -0.321. The topological polar surface area (TPSA) is 32.3 Å². The molecule has 1 heterocycles. The zero-order valence-electron chi connectivity index (χ0n) is 11.9.